The van der Waals surface area contributed by atoms with Crippen LogP contribution in [0, 0.1) is 0 Å². The summed E-state index contributed by atoms with van der Waals surface area (Å²) in [4.78, 5) is 0. The van der Waals surface area contributed by atoms with Crippen LogP contribution in [0.3, 0.4) is 0 Å². The Hall–Kier alpha value is -2.13. The zero-order valence-electron chi connectivity index (χ0n) is 12.1. The van der Waals surface area contributed by atoms with E-state index >= 15 is 0 Å². The molecule has 21 heavy (non-hydrogen) atoms. The van der Waals surface area contributed by atoms with Gasteiger partial charge in [-0.2, -0.15) is 0 Å². The van der Waals surface area contributed by atoms with E-state index in [2.05, 4.69) is 0 Å². The van der Waals surface area contributed by atoms with Crippen molar-refractivity contribution in [1.82, 2.24) is 0 Å². The van der Waals surface area contributed by atoms with Crippen molar-refractivity contribution >= 4 is 7.60 Å². The molecule has 6 heteroatoms. The molecule has 0 unspecified atom stereocenters. The largest absolute Gasteiger partial charge is 0.497 e. The molecule has 0 aliphatic rings. The minimum absolute atomic E-state index is 0.454. The summed E-state index contributed by atoms with van der Waals surface area (Å²) < 4.78 is 33.3. The Morgan fingerprint density at radius 2 is 0.952 bits per heavy atom. The molecule has 0 N–H and O–H groups in total. The fourth-order valence-corrected chi connectivity index (χ4v) is 2.72. The van der Waals surface area contributed by atoms with Gasteiger partial charge >= 0.3 is 7.60 Å². The molecule has 0 spiro atoms. The molecule has 0 radical (unpaired) electrons. The Labute approximate surface area is 124 Å². The smallest absolute Gasteiger partial charge is 0.427 e. The lowest BCUT2D eigenvalue weighted by Gasteiger charge is -2.16. The number of hydrogen-bond donors (Lipinski definition) is 0. The van der Waals surface area contributed by atoms with Crippen LogP contribution in [0.4, 0.5) is 0 Å². The molecule has 0 bridgehead atoms. The van der Waals surface area contributed by atoms with Crippen molar-refractivity contribution in [2.24, 2.45) is 0 Å². The number of benzene rings is 2. The van der Waals surface area contributed by atoms with Gasteiger partial charge in [0.2, 0.25) is 0 Å². The second kappa shape index (κ2) is 6.55. The van der Waals surface area contributed by atoms with Crippen LogP contribution in [-0.4, -0.2) is 20.9 Å². The van der Waals surface area contributed by atoms with Crippen LogP contribution in [0.2, 0.25) is 0 Å². The zero-order chi connectivity index (χ0) is 15.3. The second-order valence-electron chi connectivity index (χ2n) is 4.30. The van der Waals surface area contributed by atoms with Crippen LogP contribution < -0.4 is 18.5 Å². The molecular weight excluding hydrogens is 291 g/mol. The third kappa shape index (κ3) is 4.43. The first-order chi connectivity index (χ1) is 10.0. The predicted octanol–water partition coefficient (Wildman–Crippen LogP) is 3.98. The molecule has 0 amide bonds. The third-order valence-corrected chi connectivity index (χ3v) is 3.75. The van der Waals surface area contributed by atoms with Crippen molar-refractivity contribution < 1.29 is 23.1 Å². The lowest BCUT2D eigenvalue weighted by atomic mass is 10.3. The highest BCUT2D eigenvalue weighted by molar-refractivity contribution is 7.53. The molecule has 0 aliphatic carbocycles. The molecule has 2 rings (SSSR count). The normalized spacial score (nSPS) is 10.8. The van der Waals surface area contributed by atoms with Gasteiger partial charge in [-0.1, -0.05) is 0 Å². The quantitative estimate of drug-likeness (QED) is 0.755. The summed E-state index contributed by atoms with van der Waals surface area (Å²) in [5.74, 6) is 2.30. The van der Waals surface area contributed by atoms with Crippen LogP contribution in [-0.2, 0) is 4.57 Å². The molecule has 0 aliphatic heterocycles. The minimum atomic E-state index is -3.27. The van der Waals surface area contributed by atoms with Crippen LogP contribution in [0.5, 0.6) is 23.0 Å². The fourth-order valence-electron chi connectivity index (χ4n) is 1.67. The van der Waals surface area contributed by atoms with Gasteiger partial charge in [0, 0.05) is 0 Å². The van der Waals surface area contributed by atoms with Gasteiger partial charge in [-0.25, -0.2) is 4.57 Å². The molecule has 112 valence electrons. The van der Waals surface area contributed by atoms with E-state index in [0.29, 0.717) is 23.0 Å². The van der Waals surface area contributed by atoms with Crippen molar-refractivity contribution in [2.45, 2.75) is 0 Å². The average Bonchev–Trinajstić information content (AvgIpc) is 2.48. The molecule has 0 saturated carbocycles. The Balaban J connectivity index is 2.04. The van der Waals surface area contributed by atoms with E-state index < -0.39 is 7.60 Å². The van der Waals surface area contributed by atoms with E-state index in [1.165, 1.54) is 6.66 Å². The summed E-state index contributed by atoms with van der Waals surface area (Å²) in [5.41, 5.74) is 0. The minimum Gasteiger partial charge on any atom is -0.497 e. The van der Waals surface area contributed by atoms with Gasteiger partial charge in [0.05, 0.1) is 20.9 Å². The average molecular weight is 308 g/mol. The zero-order valence-corrected chi connectivity index (χ0v) is 13.0. The van der Waals surface area contributed by atoms with Gasteiger partial charge in [0.25, 0.3) is 0 Å². The van der Waals surface area contributed by atoms with Gasteiger partial charge in [-0.05, 0) is 48.5 Å². The van der Waals surface area contributed by atoms with Gasteiger partial charge in [-0.15, -0.1) is 0 Å². The molecule has 0 aromatic heterocycles. The van der Waals surface area contributed by atoms with Crippen LogP contribution in [0.15, 0.2) is 48.5 Å². The number of rotatable bonds is 6. The molecule has 0 heterocycles. The summed E-state index contributed by atoms with van der Waals surface area (Å²) in [7, 11) is -0.112. The molecule has 5 nitrogen and oxygen atoms in total. The second-order valence-corrected chi connectivity index (χ2v) is 6.21. The standard InChI is InChI=1S/C15H17O5P/c1-17-12-4-8-14(9-5-12)19-21(3,16)20-15-10-6-13(18-2)7-11-15/h4-11H,1-3H3. The maximum Gasteiger partial charge on any atom is 0.427 e. The topological polar surface area (TPSA) is 54.0 Å². The van der Waals surface area contributed by atoms with E-state index in [1.807, 2.05) is 0 Å². The number of hydrogen-bond acceptors (Lipinski definition) is 5. The molecule has 0 saturated heterocycles. The van der Waals surface area contributed by atoms with E-state index in [0.717, 1.165) is 0 Å². The Morgan fingerprint density at radius 1 is 0.667 bits per heavy atom. The van der Waals surface area contributed by atoms with E-state index in [4.69, 9.17) is 18.5 Å². The SMILES string of the molecule is COc1ccc(OP(C)(=O)Oc2ccc(OC)cc2)cc1. The molecule has 2 aromatic rings. The monoisotopic (exact) mass is 308 g/mol. The van der Waals surface area contributed by atoms with Crippen LogP contribution in [0.1, 0.15) is 0 Å². The number of methoxy groups -OCH3 is 2. The van der Waals surface area contributed by atoms with Crippen molar-refractivity contribution in [3.8, 4) is 23.0 Å². The third-order valence-electron chi connectivity index (χ3n) is 2.66. The highest BCUT2D eigenvalue weighted by Crippen LogP contribution is 2.45. The maximum absolute atomic E-state index is 12.4. The van der Waals surface area contributed by atoms with E-state index in [-0.39, 0.29) is 0 Å². The van der Waals surface area contributed by atoms with Crippen molar-refractivity contribution in [2.75, 3.05) is 20.9 Å². The summed E-state index contributed by atoms with van der Waals surface area (Å²) in [6.07, 6.45) is 0. The van der Waals surface area contributed by atoms with Gasteiger partial charge in [0.1, 0.15) is 23.0 Å². The maximum atomic E-state index is 12.4. The van der Waals surface area contributed by atoms with Gasteiger partial charge < -0.3 is 18.5 Å². The Kier molecular flexibility index (Phi) is 4.76. The molecule has 0 fully saturated rings. The Bertz CT molecular complexity index is 568. The van der Waals surface area contributed by atoms with Crippen LogP contribution in [0.25, 0.3) is 0 Å². The van der Waals surface area contributed by atoms with Crippen molar-refractivity contribution in [3.63, 3.8) is 0 Å². The fraction of sp³-hybridized carbons (Fsp3) is 0.200. The van der Waals surface area contributed by atoms with Gasteiger partial charge in [-0.3, -0.25) is 0 Å². The van der Waals surface area contributed by atoms with Gasteiger partial charge in [0.15, 0.2) is 0 Å². The summed E-state index contributed by atoms with van der Waals surface area (Å²) in [6.45, 7) is 1.42. The van der Waals surface area contributed by atoms with Crippen molar-refractivity contribution in [1.29, 1.82) is 0 Å². The summed E-state index contributed by atoms with van der Waals surface area (Å²) in [6, 6.07) is 13.6. The predicted molar refractivity (Wildman–Crippen MR) is 80.8 cm³/mol. The first-order valence-corrected chi connectivity index (χ1v) is 8.26. The lowest BCUT2D eigenvalue weighted by Crippen LogP contribution is -1.99. The van der Waals surface area contributed by atoms with Crippen molar-refractivity contribution in [3.05, 3.63) is 48.5 Å². The summed E-state index contributed by atoms with van der Waals surface area (Å²) >= 11 is 0. The lowest BCUT2D eigenvalue weighted by molar-refractivity contribution is 0.389. The first kappa shape index (κ1) is 15.3. The van der Waals surface area contributed by atoms with E-state index in [1.54, 1.807) is 62.8 Å². The highest BCUT2D eigenvalue weighted by atomic mass is 31.2. The van der Waals surface area contributed by atoms with Crippen LogP contribution >= 0.6 is 7.60 Å². The Morgan fingerprint density at radius 3 is 1.24 bits per heavy atom. The summed E-state index contributed by atoms with van der Waals surface area (Å²) in [5, 5.41) is 0. The van der Waals surface area contributed by atoms with E-state index in [9.17, 15) is 4.57 Å². The first-order valence-electron chi connectivity index (χ1n) is 6.27. The molecule has 2 aromatic carbocycles. The molecule has 0 atom stereocenters. The number of ether oxygens (including phenoxy) is 2. The molecular formula is C15H17O5P. The highest BCUT2D eigenvalue weighted by Gasteiger charge is 2.20.